The third-order valence-electron chi connectivity index (χ3n) is 5.09. The highest BCUT2D eigenvalue weighted by atomic mass is 79.9. The van der Waals surface area contributed by atoms with Crippen molar-refractivity contribution in [1.82, 2.24) is 26.6 Å². The SMILES string of the molecule is NCCCC[C@@H]1NC(=O)CNC(=O)CNC(=O)CNC(=O)CNC(=O)c2cc(CBr)ccc2NC1=O. The van der Waals surface area contributed by atoms with Crippen molar-refractivity contribution in [2.45, 2.75) is 30.6 Å². The summed E-state index contributed by atoms with van der Waals surface area (Å²) < 4.78 is 0. The first-order valence-electron chi connectivity index (χ1n) is 11.3. The van der Waals surface area contributed by atoms with Crippen LogP contribution in [0.2, 0.25) is 0 Å². The monoisotopic (exact) mass is 567 g/mol. The highest BCUT2D eigenvalue weighted by molar-refractivity contribution is 9.08. The topological polar surface area (TPSA) is 201 Å². The van der Waals surface area contributed by atoms with Crippen LogP contribution in [0, 0.1) is 0 Å². The second kappa shape index (κ2) is 14.8. The maximum absolute atomic E-state index is 13.1. The molecule has 1 aliphatic rings. The van der Waals surface area contributed by atoms with Crippen molar-refractivity contribution in [3.8, 4) is 0 Å². The number of hydrogen-bond donors (Lipinski definition) is 7. The predicted octanol–water partition coefficient (Wildman–Crippen LogP) is -1.77. The number of rotatable bonds is 5. The Morgan fingerprint density at radius 3 is 1.97 bits per heavy atom. The Balaban J connectivity index is 2.31. The summed E-state index contributed by atoms with van der Waals surface area (Å²) in [6.45, 7) is -1.25. The lowest BCUT2D eigenvalue weighted by atomic mass is 10.1. The summed E-state index contributed by atoms with van der Waals surface area (Å²) >= 11 is 3.32. The van der Waals surface area contributed by atoms with Gasteiger partial charge in [-0.3, -0.25) is 28.8 Å². The molecule has 36 heavy (non-hydrogen) atoms. The van der Waals surface area contributed by atoms with Gasteiger partial charge < -0.3 is 37.6 Å². The lowest BCUT2D eigenvalue weighted by Gasteiger charge is -2.20. The molecule has 1 aliphatic heterocycles. The van der Waals surface area contributed by atoms with E-state index in [2.05, 4.69) is 47.8 Å². The molecule has 0 spiro atoms. The van der Waals surface area contributed by atoms with Gasteiger partial charge >= 0.3 is 0 Å². The summed E-state index contributed by atoms with van der Waals surface area (Å²) in [5.74, 6) is -3.68. The van der Waals surface area contributed by atoms with Crippen molar-refractivity contribution in [3.05, 3.63) is 29.3 Å². The molecule has 1 heterocycles. The normalized spacial score (nSPS) is 18.7. The van der Waals surface area contributed by atoms with Gasteiger partial charge in [-0.1, -0.05) is 22.0 Å². The summed E-state index contributed by atoms with van der Waals surface area (Å²) in [5.41, 5.74) is 6.59. The highest BCUT2D eigenvalue weighted by Gasteiger charge is 2.23. The van der Waals surface area contributed by atoms with Gasteiger partial charge in [0.2, 0.25) is 29.5 Å². The summed E-state index contributed by atoms with van der Waals surface area (Å²) in [5, 5.41) is 15.1. The zero-order valence-electron chi connectivity index (χ0n) is 19.6. The van der Waals surface area contributed by atoms with E-state index in [9.17, 15) is 28.8 Å². The zero-order valence-corrected chi connectivity index (χ0v) is 21.2. The van der Waals surface area contributed by atoms with E-state index in [1.807, 2.05) is 0 Å². The molecule has 2 rings (SSSR count). The number of fused-ring (bicyclic) bond motifs is 1. The number of halogens is 1. The van der Waals surface area contributed by atoms with Crippen molar-refractivity contribution >= 4 is 57.1 Å². The van der Waals surface area contributed by atoms with Crippen LogP contribution in [0.1, 0.15) is 35.2 Å². The number of amides is 6. The Morgan fingerprint density at radius 2 is 1.39 bits per heavy atom. The Morgan fingerprint density at radius 1 is 0.806 bits per heavy atom. The van der Waals surface area contributed by atoms with Crippen molar-refractivity contribution in [2.24, 2.45) is 5.73 Å². The fourth-order valence-corrected chi connectivity index (χ4v) is 3.53. The molecule has 0 bridgehead atoms. The summed E-state index contributed by atoms with van der Waals surface area (Å²) in [4.78, 5) is 74.1. The first kappa shape index (κ1) is 28.7. The Kier molecular flexibility index (Phi) is 11.8. The van der Waals surface area contributed by atoms with Crippen LogP contribution in [0.3, 0.4) is 0 Å². The number of carbonyl (C=O) groups is 6. The van der Waals surface area contributed by atoms with Crippen LogP contribution in [0.25, 0.3) is 0 Å². The molecule has 1 aromatic carbocycles. The van der Waals surface area contributed by atoms with Crippen LogP contribution < -0.4 is 37.6 Å². The average molecular weight is 568 g/mol. The Labute approximate surface area is 216 Å². The smallest absolute Gasteiger partial charge is 0.253 e. The van der Waals surface area contributed by atoms with Gasteiger partial charge in [0.25, 0.3) is 5.91 Å². The van der Waals surface area contributed by atoms with Crippen molar-refractivity contribution in [2.75, 3.05) is 38.0 Å². The molecule has 0 aliphatic carbocycles. The molecule has 14 heteroatoms. The Bertz CT molecular complexity index is 1000. The molecule has 8 N–H and O–H groups in total. The van der Waals surface area contributed by atoms with E-state index < -0.39 is 67.7 Å². The Hall–Kier alpha value is -3.52. The van der Waals surface area contributed by atoms with E-state index >= 15 is 0 Å². The third-order valence-corrected chi connectivity index (χ3v) is 5.73. The molecule has 0 aromatic heterocycles. The predicted molar refractivity (Wildman–Crippen MR) is 134 cm³/mol. The number of nitrogens with two attached hydrogens (primary N) is 1. The largest absolute Gasteiger partial charge is 0.346 e. The second-order valence-corrected chi connectivity index (χ2v) is 8.48. The number of hydrogen-bond acceptors (Lipinski definition) is 7. The van der Waals surface area contributed by atoms with E-state index in [0.29, 0.717) is 24.7 Å². The van der Waals surface area contributed by atoms with Crippen molar-refractivity contribution in [1.29, 1.82) is 0 Å². The van der Waals surface area contributed by atoms with Gasteiger partial charge in [-0.05, 0) is 43.5 Å². The van der Waals surface area contributed by atoms with E-state index in [4.69, 9.17) is 5.73 Å². The number of nitrogens with one attached hydrogen (secondary N) is 6. The molecule has 0 radical (unpaired) electrons. The minimum Gasteiger partial charge on any atom is -0.346 e. The maximum atomic E-state index is 13.1. The summed E-state index contributed by atoms with van der Waals surface area (Å²) in [6, 6.07) is 3.86. The molecule has 0 saturated heterocycles. The van der Waals surface area contributed by atoms with E-state index in [1.54, 1.807) is 18.2 Å². The second-order valence-electron chi connectivity index (χ2n) is 7.92. The molecule has 0 unspecified atom stereocenters. The lowest BCUT2D eigenvalue weighted by molar-refractivity contribution is -0.129. The number of carbonyl (C=O) groups excluding carboxylic acids is 6. The van der Waals surface area contributed by atoms with Crippen molar-refractivity contribution in [3.63, 3.8) is 0 Å². The van der Waals surface area contributed by atoms with Crippen molar-refractivity contribution < 1.29 is 28.8 Å². The summed E-state index contributed by atoms with van der Waals surface area (Å²) in [6.07, 6.45) is 1.46. The van der Waals surface area contributed by atoms with Crippen LogP contribution in [-0.4, -0.2) is 74.2 Å². The molecule has 0 fully saturated rings. The minimum atomic E-state index is -0.958. The van der Waals surface area contributed by atoms with Gasteiger partial charge in [-0.25, -0.2) is 0 Å². The summed E-state index contributed by atoms with van der Waals surface area (Å²) in [7, 11) is 0. The molecule has 13 nitrogen and oxygen atoms in total. The number of alkyl halides is 1. The lowest BCUT2D eigenvalue weighted by Crippen LogP contribution is -2.49. The molecule has 0 saturated carbocycles. The van der Waals surface area contributed by atoms with Crippen LogP contribution in [0.4, 0.5) is 5.69 Å². The quantitative estimate of drug-likeness (QED) is 0.161. The van der Waals surface area contributed by atoms with Crippen LogP contribution in [-0.2, 0) is 29.3 Å². The molecule has 1 aromatic rings. The van der Waals surface area contributed by atoms with Gasteiger partial charge in [-0.15, -0.1) is 0 Å². The number of anilines is 1. The van der Waals surface area contributed by atoms with E-state index in [1.165, 1.54) is 0 Å². The number of unbranched alkanes of at least 4 members (excludes halogenated alkanes) is 1. The first-order valence-corrected chi connectivity index (χ1v) is 12.4. The van der Waals surface area contributed by atoms with E-state index in [0.717, 1.165) is 5.56 Å². The standard InChI is InChI=1S/C22H30BrN7O6/c23-8-13-4-5-15-14(7-13)21(35)28-11-19(33)26-9-17(31)25-10-18(32)27-12-20(34)29-16(22(36)30-15)3-1-2-6-24/h4-5,7,16H,1-3,6,8-12,24H2,(H,25,31)(H,26,33)(H,27,32)(H,28,35)(H,29,34)(H,30,36)/t16-/m0/s1. The van der Waals surface area contributed by atoms with Crippen LogP contribution in [0.5, 0.6) is 0 Å². The molecule has 6 amide bonds. The van der Waals surface area contributed by atoms with Gasteiger partial charge in [0.05, 0.1) is 37.4 Å². The molecule has 196 valence electrons. The first-order chi connectivity index (χ1) is 17.2. The van der Waals surface area contributed by atoms with Crippen LogP contribution in [0.15, 0.2) is 18.2 Å². The zero-order chi connectivity index (χ0) is 26.5. The molecular weight excluding hydrogens is 538 g/mol. The van der Waals surface area contributed by atoms with Gasteiger partial charge in [0, 0.05) is 5.33 Å². The van der Waals surface area contributed by atoms with E-state index in [-0.39, 0.29) is 17.7 Å². The fraction of sp³-hybridized carbons (Fsp3) is 0.455. The van der Waals surface area contributed by atoms with Gasteiger partial charge in [0.15, 0.2) is 0 Å². The number of benzene rings is 1. The average Bonchev–Trinajstić information content (AvgIpc) is 2.87. The third kappa shape index (κ3) is 9.62. The minimum absolute atomic E-state index is 0.114. The highest BCUT2D eigenvalue weighted by Crippen LogP contribution is 2.20. The molecular formula is C22H30BrN7O6. The molecule has 1 atom stereocenters. The van der Waals surface area contributed by atoms with Crippen LogP contribution >= 0.6 is 15.9 Å². The van der Waals surface area contributed by atoms with Gasteiger partial charge in [0.1, 0.15) is 6.04 Å². The fourth-order valence-electron chi connectivity index (χ4n) is 3.18. The maximum Gasteiger partial charge on any atom is 0.253 e. The van der Waals surface area contributed by atoms with Gasteiger partial charge in [-0.2, -0.15) is 0 Å².